The van der Waals surface area contributed by atoms with E-state index in [2.05, 4.69) is 4.90 Å². The summed E-state index contributed by atoms with van der Waals surface area (Å²) in [6.45, 7) is 3.67. The molecule has 6 heteroatoms. The van der Waals surface area contributed by atoms with E-state index in [4.69, 9.17) is 14.2 Å². The molecule has 0 spiro atoms. The number of aliphatic carboxylic acids is 1. The third-order valence-electron chi connectivity index (χ3n) is 4.82. The molecular formula is C17H23NO5. The van der Waals surface area contributed by atoms with Crippen molar-refractivity contribution in [3.63, 3.8) is 0 Å². The van der Waals surface area contributed by atoms with Crippen molar-refractivity contribution >= 4 is 5.97 Å². The average Bonchev–Trinajstić information content (AvgIpc) is 3.10. The number of methoxy groups -OCH3 is 1. The van der Waals surface area contributed by atoms with Gasteiger partial charge >= 0.3 is 5.97 Å². The van der Waals surface area contributed by atoms with Gasteiger partial charge in [-0.25, -0.2) is 0 Å². The average molecular weight is 321 g/mol. The predicted octanol–water partition coefficient (Wildman–Crippen LogP) is 1.50. The largest absolute Gasteiger partial charge is 0.493 e. The molecule has 0 radical (unpaired) electrons. The summed E-state index contributed by atoms with van der Waals surface area (Å²) < 4.78 is 16.4. The van der Waals surface area contributed by atoms with Crippen molar-refractivity contribution in [2.24, 2.45) is 11.3 Å². The monoisotopic (exact) mass is 321 g/mol. The number of benzene rings is 1. The van der Waals surface area contributed by atoms with Gasteiger partial charge in [0.2, 0.25) is 0 Å². The molecular weight excluding hydrogens is 298 g/mol. The lowest BCUT2D eigenvalue weighted by molar-refractivity contribution is -0.149. The minimum atomic E-state index is -0.729. The van der Waals surface area contributed by atoms with Gasteiger partial charge in [0, 0.05) is 25.6 Å². The summed E-state index contributed by atoms with van der Waals surface area (Å²) in [7, 11) is 1.62. The van der Waals surface area contributed by atoms with Crippen LogP contribution in [-0.2, 0) is 9.53 Å². The Morgan fingerprint density at radius 1 is 1.43 bits per heavy atom. The summed E-state index contributed by atoms with van der Waals surface area (Å²) in [6.07, 6.45) is 0.849. The number of nitrogens with zero attached hydrogens (tertiary/aromatic N) is 1. The SMILES string of the molecule is COc1ccccc1OCCCN1C[C@@H]2COC[C@]2(C(=O)O)C1. The highest BCUT2D eigenvalue weighted by Gasteiger charge is 2.55. The van der Waals surface area contributed by atoms with Gasteiger partial charge in [0.15, 0.2) is 11.5 Å². The van der Waals surface area contributed by atoms with Crippen LogP contribution in [0.25, 0.3) is 0 Å². The van der Waals surface area contributed by atoms with Crippen LogP contribution in [0.4, 0.5) is 0 Å². The van der Waals surface area contributed by atoms with E-state index in [9.17, 15) is 9.90 Å². The zero-order valence-electron chi connectivity index (χ0n) is 13.4. The molecule has 23 heavy (non-hydrogen) atoms. The molecule has 2 aliphatic heterocycles. The molecule has 1 aromatic rings. The lowest BCUT2D eigenvalue weighted by Crippen LogP contribution is -2.39. The Morgan fingerprint density at radius 2 is 2.22 bits per heavy atom. The molecule has 2 heterocycles. The van der Waals surface area contributed by atoms with E-state index in [0.717, 1.165) is 31.0 Å². The third kappa shape index (κ3) is 3.14. The van der Waals surface area contributed by atoms with E-state index >= 15 is 0 Å². The molecule has 0 aliphatic carbocycles. The summed E-state index contributed by atoms with van der Waals surface area (Å²) in [5.41, 5.74) is -0.705. The first-order chi connectivity index (χ1) is 11.2. The number of carboxylic acids is 1. The lowest BCUT2D eigenvalue weighted by Gasteiger charge is -2.22. The van der Waals surface area contributed by atoms with E-state index in [-0.39, 0.29) is 5.92 Å². The maximum absolute atomic E-state index is 11.6. The number of likely N-dealkylation sites (tertiary alicyclic amines) is 1. The molecule has 1 N–H and O–H groups in total. The number of ether oxygens (including phenoxy) is 3. The summed E-state index contributed by atoms with van der Waals surface area (Å²) in [4.78, 5) is 13.8. The van der Waals surface area contributed by atoms with Gasteiger partial charge < -0.3 is 24.2 Å². The fraction of sp³-hybridized carbons (Fsp3) is 0.588. The second-order valence-electron chi connectivity index (χ2n) is 6.26. The van der Waals surface area contributed by atoms with E-state index in [0.29, 0.717) is 26.4 Å². The minimum Gasteiger partial charge on any atom is -0.493 e. The fourth-order valence-electron chi connectivity index (χ4n) is 3.52. The van der Waals surface area contributed by atoms with Crippen molar-refractivity contribution in [3.05, 3.63) is 24.3 Å². The van der Waals surface area contributed by atoms with Gasteiger partial charge in [-0.3, -0.25) is 4.79 Å². The maximum atomic E-state index is 11.6. The number of rotatable bonds is 7. The molecule has 2 fully saturated rings. The van der Waals surface area contributed by atoms with Crippen LogP contribution in [0.2, 0.25) is 0 Å². The van der Waals surface area contributed by atoms with Crippen LogP contribution in [0.5, 0.6) is 11.5 Å². The van der Waals surface area contributed by atoms with E-state index in [1.165, 1.54) is 0 Å². The maximum Gasteiger partial charge on any atom is 0.313 e. The van der Waals surface area contributed by atoms with Crippen LogP contribution >= 0.6 is 0 Å². The molecule has 2 aliphatic rings. The number of para-hydroxylation sites is 2. The normalized spacial score (nSPS) is 26.9. The van der Waals surface area contributed by atoms with Gasteiger partial charge in [-0.05, 0) is 18.6 Å². The van der Waals surface area contributed by atoms with Gasteiger partial charge in [0.05, 0.1) is 26.9 Å². The zero-order chi connectivity index (χ0) is 16.3. The number of hydrogen-bond acceptors (Lipinski definition) is 5. The number of hydrogen-bond donors (Lipinski definition) is 1. The van der Waals surface area contributed by atoms with Crippen LogP contribution in [0.15, 0.2) is 24.3 Å². The Bertz CT molecular complexity index is 564. The number of fused-ring (bicyclic) bond motifs is 1. The Hall–Kier alpha value is -1.79. The first-order valence-corrected chi connectivity index (χ1v) is 7.95. The van der Waals surface area contributed by atoms with Crippen LogP contribution < -0.4 is 9.47 Å². The second kappa shape index (κ2) is 6.76. The zero-order valence-corrected chi connectivity index (χ0v) is 13.4. The molecule has 2 atom stereocenters. The standard InChI is InChI=1S/C17H23NO5/c1-21-14-5-2-3-6-15(14)23-8-4-7-18-9-13-10-22-12-17(13,11-18)16(19)20/h2-3,5-6,13H,4,7-12H2,1H3,(H,19,20)/t13-,17-/m1/s1. The number of carboxylic acid groups (broad SMARTS) is 1. The van der Waals surface area contributed by atoms with Crippen molar-refractivity contribution in [2.45, 2.75) is 6.42 Å². The van der Waals surface area contributed by atoms with Crippen molar-refractivity contribution in [3.8, 4) is 11.5 Å². The first kappa shape index (κ1) is 16.1. The quantitative estimate of drug-likeness (QED) is 0.768. The highest BCUT2D eigenvalue weighted by molar-refractivity contribution is 5.76. The first-order valence-electron chi connectivity index (χ1n) is 7.95. The topological polar surface area (TPSA) is 68.2 Å². The van der Waals surface area contributed by atoms with Gasteiger partial charge in [0.1, 0.15) is 5.41 Å². The van der Waals surface area contributed by atoms with Crippen molar-refractivity contribution in [1.82, 2.24) is 4.90 Å². The summed E-state index contributed by atoms with van der Waals surface area (Å²) in [5.74, 6) is 0.844. The molecule has 0 amide bonds. The van der Waals surface area contributed by atoms with Crippen LogP contribution in [0, 0.1) is 11.3 Å². The van der Waals surface area contributed by atoms with Crippen molar-refractivity contribution in [1.29, 1.82) is 0 Å². The summed E-state index contributed by atoms with van der Waals surface area (Å²) >= 11 is 0. The molecule has 0 unspecified atom stereocenters. The molecule has 2 saturated heterocycles. The molecule has 3 rings (SSSR count). The predicted molar refractivity (Wildman–Crippen MR) is 83.9 cm³/mol. The molecule has 0 saturated carbocycles. The van der Waals surface area contributed by atoms with Crippen molar-refractivity contribution < 1.29 is 24.1 Å². The van der Waals surface area contributed by atoms with Gasteiger partial charge in [-0.15, -0.1) is 0 Å². The second-order valence-corrected chi connectivity index (χ2v) is 6.26. The van der Waals surface area contributed by atoms with Crippen LogP contribution in [0.1, 0.15) is 6.42 Å². The van der Waals surface area contributed by atoms with Crippen LogP contribution in [0.3, 0.4) is 0 Å². The fourth-order valence-corrected chi connectivity index (χ4v) is 3.52. The Kier molecular flexibility index (Phi) is 4.73. The minimum absolute atomic E-state index is 0.107. The lowest BCUT2D eigenvalue weighted by atomic mass is 9.81. The number of carbonyl (C=O) groups is 1. The molecule has 0 aromatic heterocycles. The molecule has 6 nitrogen and oxygen atoms in total. The summed E-state index contributed by atoms with van der Waals surface area (Å²) in [5, 5.41) is 9.52. The molecule has 0 bridgehead atoms. The van der Waals surface area contributed by atoms with Gasteiger partial charge in [-0.1, -0.05) is 12.1 Å². The molecule has 126 valence electrons. The van der Waals surface area contributed by atoms with Crippen molar-refractivity contribution in [2.75, 3.05) is 46.6 Å². The Balaban J connectivity index is 1.46. The van der Waals surface area contributed by atoms with E-state index in [1.807, 2.05) is 24.3 Å². The third-order valence-corrected chi connectivity index (χ3v) is 4.82. The Morgan fingerprint density at radius 3 is 2.91 bits per heavy atom. The molecule has 1 aromatic carbocycles. The van der Waals surface area contributed by atoms with Gasteiger partial charge in [-0.2, -0.15) is 0 Å². The van der Waals surface area contributed by atoms with E-state index in [1.54, 1.807) is 7.11 Å². The van der Waals surface area contributed by atoms with Gasteiger partial charge in [0.25, 0.3) is 0 Å². The summed E-state index contributed by atoms with van der Waals surface area (Å²) in [6, 6.07) is 7.57. The van der Waals surface area contributed by atoms with Crippen LogP contribution in [-0.4, -0.2) is 62.5 Å². The highest BCUT2D eigenvalue weighted by atomic mass is 16.5. The van der Waals surface area contributed by atoms with E-state index < -0.39 is 11.4 Å². The smallest absolute Gasteiger partial charge is 0.313 e. The highest BCUT2D eigenvalue weighted by Crippen LogP contribution is 2.41. The Labute approximate surface area is 135 Å².